The molecule has 104 valence electrons. The lowest BCUT2D eigenvalue weighted by Gasteiger charge is -2.20. The fraction of sp³-hybridized carbons (Fsp3) is 0.400. The molecule has 0 aliphatic carbocycles. The number of hydrogen-bond donors (Lipinski definition) is 1. The molecule has 0 aromatic heterocycles. The fourth-order valence-corrected chi connectivity index (χ4v) is 1.82. The van der Waals surface area contributed by atoms with Gasteiger partial charge in [0, 0.05) is 6.54 Å². The molecule has 20 heavy (non-hydrogen) atoms. The van der Waals surface area contributed by atoms with E-state index in [4.69, 9.17) is 10.5 Å². The molecule has 0 spiro atoms. The molecule has 0 fully saturated rings. The quantitative estimate of drug-likeness (QED) is 0.857. The van der Waals surface area contributed by atoms with Gasteiger partial charge in [0.2, 0.25) is 5.91 Å². The number of nitrogens with one attached hydrogen (secondary N) is 1. The number of para-hydroxylation sites is 1. The number of nitriles is 2. The van der Waals surface area contributed by atoms with E-state index in [9.17, 15) is 4.79 Å². The highest BCUT2D eigenvalue weighted by Crippen LogP contribution is 2.13. The van der Waals surface area contributed by atoms with Crippen LogP contribution in [0.2, 0.25) is 0 Å². The molecule has 1 aromatic rings. The Morgan fingerprint density at radius 3 is 2.70 bits per heavy atom. The first-order valence-electron chi connectivity index (χ1n) is 6.51. The Kier molecular flexibility index (Phi) is 6.22. The first kappa shape index (κ1) is 15.7. The summed E-state index contributed by atoms with van der Waals surface area (Å²) in [5.74, 6) is -0.297. The summed E-state index contributed by atoms with van der Waals surface area (Å²) in [6.07, 6.45) is 0. The first-order chi connectivity index (χ1) is 9.60. The molecule has 1 atom stereocenters. The van der Waals surface area contributed by atoms with E-state index in [0.29, 0.717) is 24.3 Å². The van der Waals surface area contributed by atoms with Gasteiger partial charge in [-0.3, -0.25) is 9.69 Å². The molecule has 0 bridgehead atoms. The molecule has 1 rings (SSSR count). The summed E-state index contributed by atoms with van der Waals surface area (Å²) < 4.78 is 0. The Bertz CT molecular complexity index is 542. The van der Waals surface area contributed by atoms with Gasteiger partial charge < -0.3 is 5.32 Å². The Morgan fingerprint density at radius 2 is 2.10 bits per heavy atom. The lowest BCUT2D eigenvalue weighted by atomic mass is 10.2. The molecular weight excluding hydrogens is 252 g/mol. The van der Waals surface area contributed by atoms with E-state index in [1.165, 1.54) is 0 Å². The van der Waals surface area contributed by atoms with Crippen molar-refractivity contribution in [2.75, 3.05) is 25.0 Å². The second kappa shape index (κ2) is 7.93. The zero-order chi connectivity index (χ0) is 15.0. The highest BCUT2D eigenvalue weighted by molar-refractivity contribution is 5.93. The number of carbonyl (C=O) groups excluding carboxylic acids is 1. The fourth-order valence-electron chi connectivity index (χ4n) is 1.82. The van der Waals surface area contributed by atoms with Gasteiger partial charge in [-0.15, -0.1) is 0 Å². The molecule has 5 nitrogen and oxygen atoms in total. The minimum Gasteiger partial charge on any atom is -0.324 e. The van der Waals surface area contributed by atoms with Crippen LogP contribution < -0.4 is 5.32 Å². The Hall–Kier alpha value is -2.37. The molecule has 1 aromatic carbocycles. The van der Waals surface area contributed by atoms with Gasteiger partial charge in [-0.25, -0.2) is 0 Å². The second-order valence-corrected chi connectivity index (χ2v) is 4.56. The molecule has 5 heteroatoms. The van der Waals surface area contributed by atoms with Crippen LogP contribution >= 0.6 is 0 Å². The van der Waals surface area contributed by atoms with Gasteiger partial charge in [0.15, 0.2) is 0 Å². The number of amides is 1. The third-order valence-electron chi connectivity index (χ3n) is 2.89. The van der Waals surface area contributed by atoms with Crippen LogP contribution in [0.1, 0.15) is 19.4 Å². The van der Waals surface area contributed by atoms with Crippen LogP contribution in [0, 0.1) is 28.6 Å². The molecule has 0 radical (unpaired) electrons. The summed E-state index contributed by atoms with van der Waals surface area (Å²) in [4.78, 5) is 13.9. The van der Waals surface area contributed by atoms with Crippen molar-refractivity contribution in [2.24, 2.45) is 5.92 Å². The molecule has 0 heterocycles. The van der Waals surface area contributed by atoms with E-state index in [0.717, 1.165) is 0 Å². The summed E-state index contributed by atoms with van der Waals surface area (Å²) in [6.45, 7) is 5.23. The van der Waals surface area contributed by atoms with Crippen LogP contribution in [-0.2, 0) is 4.79 Å². The van der Waals surface area contributed by atoms with Gasteiger partial charge in [0.05, 0.1) is 29.8 Å². The molecule has 1 unspecified atom stereocenters. The van der Waals surface area contributed by atoms with Gasteiger partial charge in [0.1, 0.15) is 6.07 Å². The molecule has 0 aliphatic rings. The van der Waals surface area contributed by atoms with Gasteiger partial charge in [-0.1, -0.05) is 19.1 Å². The molecular formula is C15H18N4O. The van der Waals surface area contributed by atoms with E-state index in [-0.39, 0.29) is 18.4 Å². The van der Waals surface area contributed by atoms with Crippen molar-refractivity contribution in [2.45, 2.75) is 13.8 Å². The number of carbonyl (C=O) groups is 1. The minimum absolute atomic E-state index is 0.117. The Balaban J connectivity index is 2.63. The topological polar surface area (TPSA) is 79.9 Å². The van der Waals surface area contributed by atoms with Crippen molar-refractivity contribution in [1.29, 1.82) is 10.5 Å². The summed E-state index contributed by atoms with van der Waals surface area (Å²) in [6, 6.07) is 11.1. The van der Waals surface area contributed by atoms with Crippen molar-refractivity contribution in [1.82, 2.24) is 4.90 Å². The number of anilines is 1. The number of rotatable bonds is 6. The average molecular weight is 270 g/mol. The second-order valence-electron chi connectivity index (χ2n) is 4.56. The molecule has 0 saturated heterocycles. The van der Waals surface area contributed by atoms with Crippen LogP contribution in [-0.4, -0.2) is 30.4 Å². The van der Waals surface area contributed by atoms with E-state index in [1.54, 1.807) is 24.3 Å². The number of likely N-dealkylation sites (N-methyl/N-ethyl adjacent to an activating group) is 1. The number of nitrogens with zero attached hydrogens (tertiary/aromatic N) is 3. The third-order valence-corrected chi connectivity index (χ3v) is 2.89. The predicted octanol–water partition coefficient (Wildman–Crippen LogP) is 1.98. The van der Waals surface area contributed by atoms with E-state index in [1.807, 2.05) is 24.8 Å². The third kappa shape index (κ3) is 4.72. The van der Waals surface area contributed by atoms with E-state index in [2.05, 4.69) is 11.4 Å². The van der Waals surface area contributed by atoms with Crippen molar-refractivity contribution in [3.8, 4) is 12.1 Å². The highest BCUT2D eigenvalue weighted by Gasteiger charge is 2.13. The van der Waals surface area contributed by atoms with Crippen LogP contribution in [0.25, 0.3) is 0 Å². The number of benzene rings is 1. The van der Waals surface area contributed by atoms with Gasteiger partial charge in [-0.05, 0) is 25.6 Å². The Morgan fingerprint density at radius 1 is 1.40 bits per heavy atom. The summed E-state index contributed by atoms with van der Waals surface area (Å²) in [7, 11) is 0. The van der Waals surface area contributed by atoms with E-state index < -0.39 is 0 Å². The lowest BCUT2D eigenvalue weighted by molar-refractivity contribution is -0.117. The molecule has 0 aliphatic heterocycles. The largest absolute Gasteiger partial charge is 0.324 e. The van der Waals surface area contributed by atoms with Crippen LogP contribution in [0.15, 0.2) is 24.3 Å². The summed E-state index contributed by atoms with van der Waals surface area (Å²) >= 11 is 0. The number of hydrogen-bond acceptors (Lipinski definition) is 4. The first-order valence-corrected chi connectivity index (χ1v) is 6.51. The molecule has 1 amide bonds. The van der Waals surface area contributed by atoms with Crippen molar-refractivity contribution >= 4 is 11.6 Å². The minimum atomic E-state index is -0.181. The SMILES string of the molecule is CCN(CC(=O)Nc1ccccc1C#N)CC(C)C#N. The van der Waals surface area contributed by atoms with Gasteiger partial charge in [0.25, 0.3) is 0 Å². The van der Waals surface area contributed by atoms with Crippen LogP contribution in [0.5, 0.6) is 0 Å². The maximum Gasteiger partial charge on any atom is 0.238 e. The normalized spacial score (nSPS) is 11.4. The smallest absolute Gasteiger partial charge is 0.238 e. The monoisotopic (exact) mass is 270 g/mol. The van der Waals surface area contributed by atoms with Crippen molar-refractivity contribution in [3.05, 3.63) is 29.8 Å². The van der Waals surface area contributed by atoms with Gasteiger partial charge >= 0.3 is 0 Å². The summed E-state index contributed by atoms with van der Waals surface area (Å²) in [5.41, 5.74) is 0.957. The lowest BCUT2D eigenvalue weighted by Crippen LogP contribution is -2.35. The van der Waals surface area contributed by atoms with E-state index >= 15 is 0 Å². The zero-order valence-corrected chi connectivity index (χ0v) is 11.8. The van der Waals surface area contributed by atoms with Gasteiger partial charge in [-0.2, -0.15) is 10.5 Å². The maximum absolute atomic E-state index is 12.0. The molecule has 0 saturated carbocycles. The predicted molar refractivity (Wildman–Crippen MR) is 76.7 cm³/mol. The van der Waals surface area contributed by atoms with Crippen molar-refractivity contribution in [3.63, 3.8) is 0 Å². The van der Waals surface area contributed by atoms with Crippen LogP contribution in [0.4, 0.5) is 5.69 Å². The standard InChI is InChI=1S/C15H18N4O/c1-3-19(10-12(2)8-16)11-15(20)18-14-7-5-4-6-13(14)9-17/h4-7,12H,3,10-11H2,1-2H3,(H,18,20). The van der Waals surface area contributed by atoms with Crippen LogP contribution in [0.3, 0.4) is 0 Å². The zero-order valence-electron chi connectivity index (χ0n) is 11.8. The maximum atomic E-state index is 12.0. The van der Waals surface area contributed by atoms with Crippen molar-refractivity contribution < 1.29 is 4.79 Å². The summed E-state index contributed by atoms with van der Waals surface area (Å²) in [5, 5.41) is 20.5. The Labute approximate surface area is 119 Å². The average Bonchev–Trinajstić information content (AvgIpc) is 2.46. The highest BCUT2D eigenvalue weighted by atomic mass is 16.2. The molecule has 1 N–H and O–H groups in total.